The van der Waals surface area contributed by atoms with Crippen molar-refractivity contribution in [1.82, 2.24) is 0 Å². The molecule has 0 atom stereocenters. The second-order valence-electron chi connectivity index (χ2n) is 4.66. The molecule has 0 amide bonds. The van der Waals surface area contributed by atoms with E-state index in [-0.39, 0.29) is 0 Å². The normalized spacial score (nSPS) is 12.5. The van der Waals surface area contributed by atoms with Crippen molar-refractivity contribution in [3.8, 4) is 0 Å². The summed E-state index contributed by atoms with van der Waals surface area (Å²) in [5, 5.41) is 5.77. The van der Waals surface area contributed by atoms with Gasteiger partial charge in [-0.25, -0.2) is 26.4 Å². The number of nitrogens with one attached hydrogen (secondary N) is 1. The number of halogens is 2. The summed E-state index contributed by atoms with van der Waals surface area (Å²) < 4.78 is 63.6. The zero-order valence-corrected chi connectivity index (χ0v) is 15.2. The molecule has 0 heterocycles. The van der Waals surface area contributed by atoms with Crippen molar-refractivity contribution >= 4 is 47.7 Å². The van der Waals surface area contributed by atoms with Crippen molar-refractivity contribution in [2.45, 2.75) is 4.90 Å². The summed E-state index contributed by atoms with van der Waals surface area (Å²) in [5.41, 5.74) is 0.146. The molecule has 0 saturated heterocycles. The van der Waals surface area contributed by atoms with E-state index in [1.807, 2.05) is 4.72 Å². The van der Waals surface area contributed by atoms with Crippen LogP contribution in [0.3, 0.4) is 0 Å². The third kappa shape index (κ3) is 4.87. The Hall–Kier alpha value is -1.75. The van der Waals surface area contributed by atoms with Gasteiger partial charge in [-0.2, -0.15) is 0 Å². The maximum Gasteiger partial charge on any atom is 0.255 e. The second-order valence-corrected chi connectivity index (χ2v) is 8.64. The Morgan fingerprint density at radius 3 is 2.25 bits per heavy atom. The summed E-state index contributed by atoms with van der Waals surface area (Å²) in [4.78, 5) is -0.911. The predicted molar refractivity (Wildman–Crippen MR) is 93.5 cm³/mol. The van der Waals surface area contributed by atoms with Crippen LogP contribution in [0, 0.1) is 5.82 Å². The summed E-state index contributed by atoms with van der Waals surface area (Å²) in [6.45, 7) is 0. The van der Waals surface area contributed by atoms with Gasteiger partial charge in [0.2, 0.25) is 10.0 Å². The fourth-order valence-corrected chi connectivity index (χ4v) is 3.78. The lowest BCUT2D eigenvalue weighted by Crippen LogP contribution is -2.19. The molecule has 0 aliphatic carbocycles. The zero-order chi connectivity index (χ0) is 18.0. The smallest absolute Gasteiger partial charge is 0.255 e. The van der Waals surface area contributed by atoms with Gasteiger partial charge < -0.3 is 0 Å². The number of anilines is 1. The van der Waals surface area contributed by atoms with Crippen LogP contribution in [-0.4, -0.2) is 16.8 Å². The van der Waals surface area contributed by atoms with E-state index in [2.05, 4.69) is 15.9 Å². The van der Waals surface area contributed by atoms with E-state index in [1.165, 1.54) is 12.1 Å². The topological polar surface area (TPSA) is 106 Å². The molecule has 0 aliphatic rings. The molecule has 0 unspecified atom stereocenters. The van der Waals surface area contributed by atoms with Crippen LogP contribution in [0.25, 0.3) is 6.08 Å². The SMILES string of the molecule is NS(=O)(=O)c1c(F)cccc1NS(=O)(=O)C=Cc1ccc(Br)cc1. The molecule has 0 bridgehead atoms. The molecule has 0 fully saturated rings. The molecule has 0 radical (unpaired) electrons. The summed E-state index contributed by atoms with van der Waals surface area (Å²) >= 11 is 3.25. The molecule has 3 N–H and O–H groups in total. The van der Waals surface area contributed by atoms with Crippen LogP contribution >= 0.6 is 15.9 Å². The minimum Gasteiger partial charge on any atom is -0.279 e. The summed E-state index contributed by atoms with van der Waals surface area (Å²) in [7, 11) is -8.51. The van der Waals surface area contributed by atoms with Gasteiger partial charge >= 0.3 is 0 Å². The second kappa shape index (κ2) is 7.01. The molecule has 0 saturated carbocycles. The minimum absolute atomic E-state index is 0.460. The van der Waals surface area contributed by atoms with Crippen molar-refractivity contribution in [3.63, 3.8) is 0 Å². The van der Waals surface area contributed by atoms with Gasteiger partial charge in [-0.1, -0.05) is 34.1 Å². The van der Waals surface area contributed by atoms with Gasteiger partial charge in [0.05, 0.1) is 11.1 Å². The van der Waals surface area contributed by atoms with Gasteiger partial charge in [-0.3, -0.25) is 4.72 Å². The van der Waals surface area contributed by atoms with Gasteiger partial charge in [0.25, 0.3) is 10.0 Å². The molecule has 0 spiro atoms. The van der Waals surface area contributed by atoms with Crippen LogP contribution in [-0.2, 0) is 20.0 Å². The Morgan fingerprint density at radius 2 is 1.67 bits per heavy atom. The highest BCUT2D eigenvalue weighted by molar-refractivity contribution is 9.10. The van der Waals surface area contributed by atoms with E-state index in [9.17, 15) is 21.2 Å². The molecule has 24 heavy (non-hydrogen) atoms. The first-order chi connectivity index (χ1) is 11.1. The number of hydrogen-bond donors (Lipinski definition) is 2. The van der Waals surface area contributed by atoms with Crippen LogP contribution in [0.2, 0.25) is 0 Å². The molecular weight excluding hydrogens is 423 g/mol. The molecule has 6 nitrogen and oxygen atoms in total. The van der Waals surface area contributed by atoms with E-state index in [1.54, 1.807) is 24.3 Å². The lowest BCUT2D eigenvalue weighted by atomic mass is 10.2. The third-order valence-electron chi connectivity index (χ3n) is 2.81. The molecule has 128 valence electrons. The highest BCUT2D eigenvalue weighted by atomic mass is 79.9. The Balaban J connectivity index is 2.34. The molecule has 2 rings (SSSR count). The predicted octanol–water partition coefficient (Wildman–Crippen LogP) is 2.65. The maximum atomic E-state index is 13.7. The zero-order valence-electron chi connectivity index (χ0n) is 12.0. The molecule has 0 aliphatic heterocycles. The van der Waals surface area contributed by atoms with Gasteiger partial charge in [0, 0.05) is 4.47 Å². The fourth-order valence-electron chi connectivity index (χ4n) is 1.81. The standard InChI is InChI=1S/C14H12BrFN2O4S2/c15-11-6-4-10(5-7-11)8-9-23(19,20)18-13-3-1-2-12(16)14(13)24(17,21)22/h1-9,18H,(H2,17,21,22). The third-order valence-corrected chi connectivity index (χ3v) is 5.32. The van der Waals surface area contributed by atoms with E-state index in [0.29, 0.717) is 5.56 Å². The van der Waals surface area contributed by atoms with Crippen LogP contribution in [0.1, 0.15) is 5.56 Å². The highest BCUT2D eigenvalue weighted by Crippen LogP contribution is 2.24. The van der Waals surface area contributed by atoms with Crippen LogP contribution in [0.4, 0.5) is 10.1 Å². The highest BCUT2D eigenvalue weighted by Gasteiger charge is 2.21. The van der Waals surface area contributed by atoms with Gasteiger partial charge in [-0.15, -0.1) is 0 Å². The number of benzene rings is 2. The Kier molecular flexibility index (Phi) is 5.43. The molecule has 2 aromatic carbocycles. The van der Waals surface area contributed by atoms with Gasteiger partial charge in [0.1, 0.15) is 10.7 Å². The van der Waals surface area contributed by atoms with Crippen LogP contribution in [0.5, 0.6) is 0 Å². The number of sulfonamides is 2. The Labute approximate surface area is 147 Å². The first kappa shape index (κ1) is 18.6. The molecule has 2 aromatic rings. The quantitative estimate of drug-likeness (QED) is 0.753. The van der Waals surface area contributed by atoms with Crippen molar-refractivity contribution in [1.29, 1.82) is 0 Å². The number of nitrogens with two attached hydrogens (primary N) is 1. The van der Waals surface area contributed by atoms with Crippen molar-refractivity contribution < 1.29 is 21.2 Å². The number of primary sulfonamides is 1. The van der Waals surface area contributed by atoms with Crippen LogP contribution < -0.4 is 9.86 Å². The van der Waals surface area contributed by atoms with Crippen molar-refractivity contribution in [2.24, 2.45) is 5.14 Å². The Bertz CT molecular complexity index is 988. The van der Waals surface area contributed by atoms with E-state index < -0.39 is 36.4 Å². The fraction of sp³-hybridized carbons (Fsp3) is 0. The van der Waals surface area contributed by atoms with Crippen LogP contribution in [0.15, 0.2) is 57.2 Å². The van der Waals surface area contributed by atoms with Crippen molar-refractivity contribution in [2.75, 3.05) is 4.72 Å². The van der Waals surface area contributed by atoms with Crippen molar-refractivity contribution in [3.05, 3.63) is 63.7 Å². The lowest BCUT2D eigenvalue weighted by Gasteiger charge is -2.10. The summed E-state index contributed by atoms with van der Waals surface area (Å²) in [5.74, 6) is -1.14. The number of hydrogen-bond acceptors (Lipinski definition) is 4. The lowest BCUT2D eigenvalue weighted by molar-refractivity contribution is 0.569. The summed E-state index contributed by atoms with van der Waals surface area (Å²) in [6, 6.07) is 9.95. The molecule has 10 heteroatoms. The van der Waals surface area contributed by atoms with E-state index in [4.69, 9.17) is 5.14 Å². The number of rotatable bonds is 5. The Morgan fingerprint density at radius 1 is 1.04 bits per heavy atom. The minimum atomic E-state index is -4.44. The average molecular weight is 435 g/mol. The maximum absolute atomic E-state index is 13.7. The van der Waals surface area contributed by atoms with Gasteiger partial charge in [-0.05, 0) is 35.9 Å². The molecular formula is C14H12BrFN2O4S2. The van der Waals surface area contributed by atoms with E-state index >= 15 is 0 Å². The first-order valence-electron chi connectivity index (χ1n) is 6.36. The van der Waals surface area contributed by atoms with E-state index in [0.717, 1.165) is 22.0 Å². The largest absolute Gasteiger partial charge is 0.279 e. The average Bonchev–Trinajstić information content (AvgIpc) is 2.45. The first-order valence-corrected chi connectivity index (χ1v) is 10.2. The van der Waals surface area contributed by atoms with Gasteiger partial charge in [0.15, 0.2) is 0 Å². The summed E-state index contributed by atoms with van der Waals surface area (Å²) in [6.07, 6.45) is 1.31. The monoisotopic (exact) mass is 434 g/mol. The molecule has 0 aromatic heterocycles.